The second kappa shape index (κ2) is 11.6. The van der Waals surface area contributed by atoms with Gasteiger partial charge in [-0.25, -0.2) is 4.79 Å². The van der Waals surface area contributed by atoms with Gasteiger partial charge in [0.25, 0.3) is 0 Å². The molecular formula is C31H34N4O4. The molecule has 0 saturated carbocycles. The number of para-hydroxylation sites is 3. The summed E-state index contributed by atoms with van der Waals surface area (Å²) in [6, 6.07) is 22.3. The topological polar surface area (TPSA) is 92.2 Å². The van der Waals surface area contributed by atoms with E-state index < -0.39 is 6.03 Å². The van der Waals surface area contributed by atoms with Crippen molar-refractivity contribution in [2.24, 2.45) is 5.73 Å². The first-order valence-electron chi connectivity index (χ1n) is 13.3. The third-order valence-corrected chi connectivity index (χ3v) is 7.37. The molecule has 8 nitrogen and oxygen atoms in total. The number of primary amides is 1. The average Bonchev–Trinajstić information content (AvgIpc) is 2.97. The van der Waals surface area contributed by atoms with Crippen molar-refractivity contribution >= 4 is 28.4 Å². The summed E-state index contributed by atoms with van der Waals surface area (Å²) >= 11 is 0. The number of fused-ring (bicyclic) bond motifs is 1. The van der Waals surface area contributed by atoms with Crippen molar-refractivity contribution < 1.29 is 13.9 Å². The van der Waals surface area contributed by atoms with Gasteiger partial charge in [0, 0.05) is 43.9 Å². The smallest absolute Gasteiger partial charge is 0.319 e. The SMILES string of the molecule is COc1ccccc1N1CCN(CCCN(C(N)=O)c2cccc3c(=O)c(C)c(-c4ccccc4)oc23)CC1. The monoisotopic (exact) mass is 526 g/mol. The zero-order valence-electron chi connectivity index (χ0n) is 22.4. The molecule has 2 N–H and O–H groups in total. The molecule has 5 rings (SSSR count). The maximum atomic E-state index is 13.2. The lowest BCUT2D eigenvalue weighted by Gasteiger charge is -2.36. The van der Waals surface area contributed by atoms with Gasteiger partial charge in [-0.3, -0.25) is 14.6 Å². The van der Waals surface area contributed by atoms with Crippen LogP contribution in [0.15, 0.2) is 82.0 Å². The molecule has 8 heteroatoms. The molecule has 0 bridgehead atoms. The van der Waals surface area contributed by atoms with E-state index in [0.717, 1.165) is 56.1 Å². The molecule has 2 amide bonds. The van der Waals surface area contributed by atoms with E-state index in [9.17, 15) is 9.59 Å². The minimum absolute atomic E-state index is 0.116. The highest BCUT2D eigenvalue weighted by Gasteiger charge is 2.22. The third kappa shape index (κ3) is 5.47. The van der Waals surface area contributed by atoms with Gasteiger partial charge in [0.05, 0.1) is 23.9 Å². The minimum Gasteiger partial charge on any atom is -0.495 e. The Balaban J connectivity index is 1.30. The van der Waals surface area contributed by atoms with Gasteiger partial charge in [0.2, 0.25) is 0 Å². The van der Waals surface area contributed by atoms with Crippen LogP contribution in [-0.4, -0.2) is 57.3 Å². The van der Waals surface area contributed by atoms with Crippen LogP contribution in [0.2, 0.25) is 0 Å². The number of benzene rings is 3. The molecule has 202 valence electrons. The number of nitrogens with zero attached hydrogens (tertiary/aromatic N) is 3. The summed E-state index contributed by atoms with van der Waals surface area (Å²) in [5.74, 6) is 1.38. The maximum absolute atomic E-state index is 13.2. The fourth-order valence-corrected chi connectivity index (χ4v) is 5.28. The number of hydrogen-bond donors (Lipinski definition) is 1. The van der Waals surface area contributed by atoms with E-state index in [0.29, 0.717) is 34.5 Å². The highest BCUT2D eigenvalue weighted by Crippen LogP contribution is 2.32. The van der Waals surface area contributed by atoms with Gasteiger partial charge >= 0.3 is 6.03 Å². The van der Waals surface area contributed by atoms with Crippen LogP contribution in [-0.2, 0) is 0 Å². The van der Waals surface area contributed by atoms with Crippen LogP contribution >= 0.6 is 0 Å². The van der Waals surface area contributed by atoms with Crippen molar-refractivity contribution in [3.8, 4) is 17.1 Å². The second-order valence-electron chi connectivity index (χ2n) is 9.75. The normalized spacial score (nSPS) is 13.9. The maximum Gasteiger partial charge on any atom is 0.319 e. The number of piperazine rings is 1. The largest absolute Gasteiger partial charge is 0.495 e. The predicted molar refractivity (Wildman–Crippen MR) is 156 cm³/mol. The lowest BCUT2D eigenvalue weighted by molar-refractivity contribution is 0.247. The molecule has 0 radical (unpaired) electrons. The first-order valence-corrected chi connectivity index (χ1v) is 13.3. The number of rotatable bonds is 8. The summed E-state index contributed by atoms with van der Waals surface area (Å²) in [5, 5.41) is 0.434. The molecule has 1 saturated heterocycles. The number of carbonyl (C=O) groups is 1. The van der Waals surface area contributed by atoms with Gasteiger partial charge in [-0.15, -0.1) is 0 Å². The first-order chi connectivity index (χ1) is 19.0. The molecular weight excluding hydrogens is 492 g/mol. The Morgan fingerprint density at radius 3 is 2.41 bits per heavy atom. The van der Waals surface area contributed by atoms with Crippen molar-refractivity contribution in [2.45, 2.75) is 13.3 Å². The number of urea groups is 1. The molecule has 0 unspecified atom stereocenters. The molecule has 1 aliphatic heterocycles. The molecule has 39 heavy (non-hydrogen) atoms. The second-order valence-corrected chi connectivity index (χ2v) is 9.75. The van der Waals surface area contributed by atoms with Crippen molar-refractivity contribution in [2.75, 3.05) is 56.2 Å². The van der Waals surface area contributed by atoms with E-state index in [2.05, 4.69) is 15.9 Å². The van der Waals surface area contributed by atoms with Gasteiger partial charge in [-0.05, 0) is 44.2 Å². The minimum atomic E-state index is -0.576. The Bertz CT molecular complexity index is 1510. The molecule has 0 aliphatic carbocycles. The number of ether oxygens (including phenoxy) is 1. The van der Waals surface area contributed by atoms with Gasteiger partial charge in [-0.1, -0.05) is 48.5 Å². The predicted octanol–water partition coefficient (Wildman–Crippen LogP) is 4.87. The Hall–Kier alpha value is -4.30. The van der Waals surface area contributed by atoms with Crippen LogP contribution in [0.1, 0.15) is 12.0 Å². The summed E-state index contributed by atoms with van der Waals surface area (Å²) in [7, 11) is 1.70. The summed E-state index contributed by atoms with van der Waals surface area (Å²) in [6.45, 7) is 6.63. The lowest BCUT2D eigenvalue weighted by atomic mass is 10.1. The number of carbonyl (C=O) groups excluding carboxylic acids is 1. The number of amides is 2. The van der Waals surface area contributed by atoms with Crippen LogP contribution in [0.3, 0.4) is 0 Å². The van der Waals surface area contributed by atoms with Gasteiger partial charge in [0.1, 0.15) is 11.5 Å². The first kappa shape index (κ1) is 26.3. The van der Waals surface area contributed by atoms with E-state index in [-0.39, 0.29) is 5.43 Å². The van der Waals surface area contributed by atoms with E-state index in [4.69, 9.17) is 14.9 Å². The number of nitrogens with two attached hydrogens (primary N) is 1. The summed E-state index contributed by atoms with van der Waals surface area (Å²) in [5.41, 5.74) is 9.06. The quantitative estimate of drug-likeness (QED) is 0.352. The van der Waals surface area contributed by atoms with E-state index >= 15 is 0 Å². The van der Waals surface area contributed by atoms with E-state index in [1.807, 2.05) is 48.5 Å². The zero-order valence-corrected chi connectivity index (χ0v) is 22.4. The highest BCUT2D eigenvalue weighted by molar-refractivity contribution is 6.00. The summed E-state index contributed by atoms with van der Waals surface area (Å²) in [4.78, 5) is 32.1. The fraction of sp³-hybridized carbons (Fsp3) is 0.290. The van der Waals surface area contributed by atoms with Crippen LogP contribution < -0.4 is 25.7 Å². The highest BCUT2D eigenvalue weighted by atomic mass is 16.5. The van der Waals surface area contributed by atoms with Crippen molar-refractivity contribution in [1.82, 2.24) is 4.90 Å². The summed E-state index contributed by atoms with van der Waals surface area (Å²) < 4.78 is 11.8. The molecule has 0 atom stereocenters. The molecule has 4 aromatic rings. The molecule has 1 aliphatic rings. The standard InChI is InChI=1S/C31H34N4O4/c1-22-28(36)24-12-8-14-26(30(24)39-29(22)23-10-4-3-5-11-23)35(31(32)37)17-9-16-33-18-20-34(21-19-33)25-13-6-7-15-27(25)38-2/h3-8,10-15H,9,16-21H2,1-2H3,(H2,32,37). The molecule has 1 aromatic heterocycles. The third-order valence-electron chi connectivity index (χ3n) is 7.37. The van der Waals surface area contributed by atoms with Crippen LogP contribution in [0.25, 0.3) is 22.3 Å². The number of anilines is 2. The number of hydrogen-bond acceptors (Lipinski definition) is 6. The molecule has 3 aromatic carbocycles. The Labute approximate surface area is 228 Å². The van der Waals surface area contributed by atoms with Crippen molar-refractivity contribution in [3.63, 3.8) is 0 Å². The fourth-order valence-electron chi connectivity index (χ4n) is 5.28. The Morgan fingerprint density at radius 1 is 0.974 bits per heavy atom. The van der Waals surface area contributed by atoms with E-state index in [1.54, 1.807) is 32.2 Å². The molecule has 2 heterocycles. The molecule has 0 spiro atoms. The van der Waals surface area contributed by atoms with Gasteiger partial charge < -0.3 is 19.8 Å². The van der Waals surface area contributed by atoms with E-state index in [1.165, 1.54) is 4.90 Å². The van der Waals surface area contributed by atoms with Gasteiger partial charge in [-0.2, -0.15) is 0 Å². The van der Waals surface area contributed by atoms with Gasteiger partial charge in [0.15, 0.2) is 11.0 Å². The zero-order chi connectivity index (χ0) is 27.4. The Morgan fingerprint density at radius 2 is 1.69 bits per heavy atom. The Kier molecular flexibility index (Phi) is 7.84. The summed E-state index contributed by atoms with van der Waals surface area (Å²) in [6.07, 6.45) is 0.732. The van der Waals surface area contributed by atoms with Crippen molar-refractivity contribution in [3.05, 3.63) is 88.6 Å². The average molecular weight is 527 g/mol. The lowest BCUT2D eigenvalue weighted by Crippen LogP contribution is -2.47. The molecule has 1 fully saturated rings. The van der Waals surface area contributed by atoms with Crippen LogP contribution in [0.5, 0.6) is 5.75 Å². The number of methoxy groups -OCH3 is 1. The van der Waals surface area contributed by atoms with Crippen LogP contribution in [0.4, 0.5) is 16.2 Å². The van der Waals surface area contributed by atoms with Crippen LogP contribution in [0, 0.1) is 6.92 Å². The van der Waals surface area contributed by atoms with Crippen molar-refractivity contribution in [1.29, 1.82) is 0 Å².